The molecule has 0 saturated carbocycles. The van der Waals surface area contributed by atoms with Crippen LogP contribution in [0.25, 0.3) is 0 Å². The molecule has 0 aromatic heterocycles. The van der Waals surface area contributed by atoms with Crippen LogP contribution in [0.5, 0.6) is 0 Å². The fourth-order valence-corrected chi connectivity index (χ4v) is 0.838. The van der Waals surface area contributed by atoms with E-state index in [4.69, 9.17) is 0 Å². The molecule has 0 unspecified atom stereocenters. The van der Waals surface area contributed by atoms with Crippen molar-refractivity contribution in [2.75, 3.05) is 14.1 Å². The van der Waals surface area contributed by atoms with Crippen molar-refractivity contribution in [2.24, 2.45) is 0 Å². The van der Waals surface area contributed by atoms with Crippen LogP contribution in [0.2, 0.25) is 0 Å². The van der Waals surface area contributed by atoms with Crippen molar-refractivity contribution >= 4 is 0 Å². The Labute approximate surface area is 87.1 Å². The molecule has 0 aliphatic heterocycles. The lowest BCUT2D eigenvalue weighted by molar-refractivity contribution is 0.174. The summed E-state index contributed by atoms with van der Waals surface area (Å²) in [6.07, 6.45) is 5.47. The highest BCUT2D eigenvalue weighted by Gasteiger charge is 2.15. The molecule has 0 spiro atoms. The molecule has 0 aromatic carbocycles. The Morgan fingerprint density at radius 3 is 2.43 bits per heavy atom. The van der Waals surface area contributed by atoms with Crippen molar-refractivity contribution in [1.29, 1.82) is 0 Å². The maximum atomic E-state index is 3.91. The number of hydrogen-bond acceptors (Lipinski definition) is 3. The van der Waals surface area contributed by atoms with Gasteiger partial charge in [0.15, 0.2) is 0 Å². The molecule has 14 heavy (non-hydrogen) atoms. The maximum Gasteiger partial charge on any atom is 0.0803 e. The Hall–Kier alpha value is -1.06. The van der Waals surface area contributed by atoms with Gasteiger partial charge in [0.2, 0.25) is 0 Å². The number of allylic oxidation sites excluding steroid dienone is 3. The highest BCUT2D eigenvalue weighted by Crippen LogP contribution is 2.02. The van der Waals surface area contributed by atoms with Crippen molar-refractivity contribution in [2.45, 2.75) is 19.5 Å². The van der Waals surface area contributed by atoms with Crippen LogP contribution in [0.3, 0.4) is 0 Å². The maximum absolute atomic E-state index is 3.91. The average molecular weight is 195 g/mol. The Morgan fingerprint density at radius 1 is 1.43 bits per heavy atom. The first kappa shape index (κ1) is 12.9. The molecule has 0 fully saturated rings. The van der Waals surface area contributed by atoms with E-state index >= 15 is 0 Å². The average Bonchev–Trinajstić information content (AvgIpc) is 2.13. The lowest BCUT2D eigenvalue weighted by Gasteiger charge is -2.33. The van der Waals surface area contributed by atoms with Crippen LogP contribution >= 0.6 is 0 Å². The predicted octanol–water partition coefficient (Wildman–Crippen LogP) is 1.63. The quantitative estimate of drug-likeness (QED) is 0.383. The number of hydrazine groups is 1. The van der Waals surface area contributed by atoms with Gasteiger partial charge in [-0.15, -0.1) is 0 Å². The molecule has 0 atom stereocenters. The third kappa shape index (κ3) is 4.84. The SMILES string of the molecule is C=C/C=C\C(=C)N(C)NC(C)(C)NC. The third-order valence-electron chi connectivity index (χ3n) is 1.93. The van der Waals surface area contributed by atoms with Crippen LogP contribution in [0.15, 0.2) is 37.1 Å². The third-order valence-corrected chi connectivity index (χ3v) is 1.93. The van der Waals surface area contributed by atoms with Crippen molar-refractivity contribution < 1.29 is 0 Å². The number of nitrogens with one attached hydrogen (secondary N) is 2. The van der Waals surface area contributed by atoms with E-state index in [1.54, 1.807) is 6.08 Å². The van der Waals surface area contributed by atoms with E-state index in [1.165, 1.54) is 0 Å². The van der Waals surface area contributed by atoms with Gasteiger partial charge in [0.1, 0.15) is 0 Å². The first-order valence-corrected chi connectivity index (χ1v) is 4.61. The number of likely N-dealkylation sites (N-methyl/N-ethyl adjacent to an activating group) is 1. The van der Waals surface area contributed by atoms with Crippen molar-refractivity contribution in [1.82, 2.24) is 15.8 Å². The Bertz CT molecular complexity index is 229. The highest BCUT2D eigenvalue weighted by molar-refractivity contribution is 5.16. The van der Waals surface area contributed by atoms with Gasteiger partial charge in [-0.1, -0.05) is 25.3 Å². The molecule has 0 aliphatic carbocycles. The minimum absolute atomic E-state index is 0.153. The summed E-state index contributed by atoms with van der Waals surface area (Å²) in [7, 11) is 3.83. The molecule has 0 aliphatic rings. The van der Waals surface area contributed by atoms with Gasteiger partial charge in [-0.05, 0) is 27.0 Å². The summed E-state index contributed by atoms with van der Waals surface area (Å²) < 4.78 is 0. The van der Waals surface area contributed by atoms with Gasteiger partial charge >= 0.3 is 0 Å². The summed E-state index contributed by atoms with van der Waals surface area (Å²) >= 11 is 0. The molecule has 0 rings (SSSR count). The highest BCUT2D eigenvalue weighted by atomic mass is 15.5. The van der Waals surface area contributed by atoms with Gasteiger partial charge in [0, 0.05) is 12.7 Å². The van der Waals surface area contributed by atoms with Gasteiger partial charge in [-0.25, -0.2) is 5.43 Å². The second-order valence-electron chi connectivity index (χ2n) is 3.63. The van der Waals surface area contributed by atoms with E-state index in [1.807, 2.05) is 45.1 Å². The van der Waals surface area contributed by atoms with Gasteiger partial charge in [-0.2, -0.15) is 0 Å². The standard InChI is InChI=1S/C11H21N3/c1-7-8-9-10(2)14(6)13-11(3,4)12-5/h7-9,12-13H,1-2H2,3-6H3/b9-8-. The van der Waals surface area contributed by atoms with E-state index in [0.29, 0.717) is 0 Å². The lowest BCUT2D eigenvalue weighted by Crippen LogP contribution is -2.56. The first-order chi connectivity index (χ1) is 6.43. The topological polar surface area (TPSA) is 27.3 Å². The molecule has 0 radical (unpaired) electrons. The molecule has 3 nitrogen and oxygen atoms in total. The largest absolute Gasteiger partial charge is 0.310 e. The van der Waals surface area contributed by atoms with E-state index < -0.39 is 0 Å². The summed E-state index contributed by atoms with van der Waals surface area (Å²) in [5.41, 5.74) is 3.98. The van der Waals surface area contributed by atoms with E-state index in [0.717, 1.165) is 5.70 Å². The summed E-state index contributed by atoms with van der Waals surface area (Å²) in [5, 5.41) is 5.02. The molecule has 2 N–H and O–H groups in total. The monoisotopic (exact) mass is 195 g/mol. The second-order valence-corrected chi connectivity index (χ2v) is 3.63. The van der Waals surface area contributed by atoms with Gasteiger partial charge in [0.05, 0.1) is 5.66 Å². The number of nitrogens with zero attached hydrogens (tertiary/aromatic N) is 1. The molecule has 0 amide bonds. The van der Waals surface area contributed by atoms with Gasteiger partial charge in [0.25, 0.3) is 0 Å². The summed E-state index contributed by atoms with van der Waals surface area (Å²) in [6, 6.07) is 0. The molecular weight excluding hydrogens is 174 g/mol. The summed E-state index contributed by atoms with van der Waals surface area (Å²) in [6.45, 7) is 11.6. The smallest absolute Gasteiger partial charge is 0.0803 e. The van der Waals surface area contributed by atoms with E-state index in [9.17, 15) is 0 Å². The summed E-state index contributed by atoms with van der Waals surface area (Å²) in [4.78, 5) is 0. The van der Waals surface area contributed by atoms with E-state index in [2.05, 4.69) is 23.9 Å². The molecule has 80 valence electrons. The Kier molecular flexibility index (Phi) is 5.20. The normalized spacial score (nSPS) is 11.7. The zero-order valence-electron chi connectivity index (χ0n) is 9.59. The molecule has 0 saturated heterocycles. The van der Waals surface area contributed by atoms with E-state index in [-0.39, 0.29) is 5.66 Å². The second kappa shape index (κ2) is 5.62. The first-order valence-electron chi connectivity index (χ1n) is 4.61. The van der Waals surface area contributed by atoms with Crippen LogP contribution in [0.1, 0.15) is 13.8 Å². The van der Waals surface area contributed by atoms with Crippen molar-refractivity contribution in [3.05, 3.63) is 37.1 Å². The van der Waals surface area contributed by atoms with Crippen molar-refractivity contribution in [3.8, 4) is 0 Å². The zero-order chi connectivity index (χ0) is 11.2. The number of rotatable bonds is 6. The number of hydrogen-bond donors (Lipinski definition) is 2. The minimum atomic E-state index is -0.153. The Morgan fingerprint density at radius 2 is 2.00 bits per heavy atom. The van der Waals surface area contributed by atoms with Crippen LogP contribution < -0.4 is 10.7 Å². The van der Waals surface area contributed by atoms with Crippen molar-refractivity contribution in [3.63, 3.8) is 0 Å². The fourth-order valence-electron chi connectivity index (χ4n) is 0.838. The zero-order valence-corrected chi connectivity index (χ0v) is 9.59. The molecule has 0 heterocycles. The fraction of sp³-hybridized carbons (Fsp3) is 0.455. The Balaban J connectivity index is 4.20. The molecular formula is C11H21N3. The molecule has 0 bridgehead atoms. The molecule has 0 aromatic rings. The molecule has 3 heteroatoms. The predicted molar refractivity (Wildman–Crippen MR) is 62.5 cm³/mol. The van der Waals surface area contributed by atoms with Gasteiger partial charge < -0.3 is 10.3 Å². The minimum Gasteiger partial charge on any atom is -0.310 e. The van der Waals surface area contributed by atoms with Crippen LogP contribution in [-0.4, -0.2) is 24.8 Å². The summed E-state index contributed by atoms with van der Waals surface area (Å²) in [5.74, 6) is 0. The van der Waals surface area contributed by atoms with Gasteiger partial charge in [-0.3, -0.25) is 0 Å². The lowest BCUT2D eigenvalue weighted by atomic mass is 10.3. The van der Waals surface area contributed by atoms with Crippen LogP contribution in [0, 0.1) is 0 Å². The van der Waals surface area contributed by atoms with Crippen LogP contribution in [0.4, 0.5) is 0 Å². The van der Waals surface area contributed by atoms with Crippen LogP contribution in [-0.2, 0) is 0 Å².